The molecule has 0 radical (unpaired) electrons. The summed E-state index contributed by atoms with van der Waals surface area (Å²) in [5.74, 6) is 0.353. The van der Waals surface area contributed by atoms with Crippen LogP contribution >= 0.6 is 12.2 Å². The normalized spacial score (nSPS) is 18.3. The zero-order chi connectivity index (χ0) is 22.0. The Kier molecular flexibility index (Phi) is 5.77. The van der Waals surface area contributed by atoms with Crippen molar-refractivity contribution < 1.29 is 19.0 Å². The minimum absolute atomic E-state index is 0.0520. The molecule has 2 heterocycles. The minimum Gasteiger partial charge on any atom is -0.508 e. The van der Waals surface area contributed by atoms with Crippen molar-refractivity contribution in [1.82, 2.24) is 10.3 Å². The van der Waals surface area contributed by atoms with Gasteiger partial charge in [0.05, 0.1) is 11.4 Å². The number of nitrogens with zero attached hydrogens (tertiary/aromatic N) is 2. The van der Waals surface area contributed by atoms with Gasteiger partial charge in [-0.3, -0.25) is 10.2 Å². The fourth-order valence-corrected chi connectivity index (χ4v) is 4.10. The van der Waals surface area contributed by atoms with Crippen molar-refractivity contribution in [2.75, 3.05) is 18.4 Å². The highest BCUT2D eigenvalue weighted by Gasteiger charge is 2.42. The van der Waals surface area contributed by atoms with Crippen molar-refractivity contribution >= 4 is 34.6 Å². The van der Waals surface area contributed by atoms with E-state index in [4.69, 9.17) is 17.0 Å². The van der Waals surface area contributed by atoms with Crippen LogP contribution < -0.4 is 15.5 Å². The van der Waals surface area contributed by atoms with Gasteiger partial charge in [0.2, 0.25) is 5.91 Å². The lowest BCUT2D eigenvalue weighted by molar-refractivity contribution is -0.132. The van der Waals surface area contributed by atoms with Crippen LogP contribution in [0.15, 0.2) is 47.6 Å². The van der Waals surface area contributed by atoms with Gasteiger partial charge in [0.15, 0.2) is 5.11 Å². The molecule has 0 atom stereocenters. The lowest BCUT2D eigenvalue weighted by atomic mass is 9.82. The van der Waals surface area contributed by atoms with Crippen LogP contribution in [-0.2, 0) is 4.79 Å². The molecule has 2 aliphatic heterocycles. The second kappa shape index (κ2) is 8.50. The molecule has 31 heavy (non-hydrogen) atoms. The number of ether oxygens (including phenoxy) is 1. The van der Waals surface area contributed by atoms with Crippen LogP contribution in [0.2, 0.25) is 0 Å². The van der Waals surface area contributed by atoms with E-state index >= 15 is 0 Å². The first-order chi connectivity index (χ1) is 14.8. The number of para-hydroxylation sites is 1. The number of amides is 1. The van der Waals surface area contributed by atoms with Gasteiger partial charge in [0.25, 0.3) is 0 Å². The second-order valence-corrected chi connectivity index (χ2v) is 8.16. The molecule has 7 nitrogen and oxygen atoms in total. The number of phenols is 1. The van der Waals surface area contributed by atoms with Crippen molar-refractivity contribution in [3.8, 4) is 11.5 Å². The number of rotatable bonds is 2. The number of carbonyl (C=O) groups excluding carboxylic acids is 1. The van der Waals surface area contributed by atoms with Crippen molar-refractivity contribution in [3.05, 3.63) is 53.8 Å². The molecular weight excluding hydrogens is 419 g/mol. The number of phenolic OH excluding ortho intramolecular Hbond substituents is 1. The Hall–Kier alpha value is -3.20. The summed E-state index contributed by atoms with van der Waals surface area (Å²) in [6, 6.07) is 11.1. The molecule has 0 unspecified atom stereocenters. The summed E-state index contributed by atoms with van der Waals surface area (Å²) in [6.07, 6.45) is 1.83. The fraction of sp³-hybridized carbons (Fsp3) is 0.318. The molecule has 2 aromatic rings. The van der Waals surface area contributed by atoms with Crippen LogP contribution in [-0.4, -0.2) is 45.4 Å². The van der Waals surface area contributed by atoms with Gasteiger partial charge in [-0.15, -0.1) is 0 Å². The maximum absolute atomic E-state index is 13.9. The molecule has 2 aliphatic rings. The molecular formula is C22H23FN4O3S. The van der Waals surface area contributed by atoms with Gasteiger partial charge >= 0.3 is 0 Å². The van der Waals surface area contributed by atoms with E-state index in [2.05, 4.69) is 15.8 Å². The van der Waals surface area contributed by atoms with Crippen molar-refractivity contribution in [2.45, 2.75) is 31.8 Å². The summed E-state index contributed by atoms with van der Waals surface area (Å²) in [7, 11) is 0. The molecule has 1 fully saturated rings. The maximum Gasteiger partial charge on any atom is 0.219 e. The molecule has 3 N–H and O–H groups in total. The van der Waals surface area contributed by atoms with E-state index < -0.39 is 11.4 Å². The van der Waals surface area contributed by atoms with Crippen LogP contribution in [0.3, 0.4) is 0 Å². The molecule has 4 rings (SSSR count). The number of halogens is 1. The highest BCUT2D eigenvalue weighted by atomic mass is 32.1. The summed E-state index contributed by atoms with van der Waals surface area (Å²) in [5.41, 5.74) is 3.88. The molecule has 162 valence electrons. The third kappa shape index (κ3) is 4.61. The molecule has 1 amide bonds. The van der Waals surface area contributed by atoms with E-state index in [0.717, 1.165) is 0 Å². The van der Waals surface area contributed by atoms with Crippen LogP contribution in [0.4, 0.5) is 10.1 Å². The zero-order valence-electron chi connectivity index (χ0n) is 17.0. The number of hydrogen-bond donors (Lipinski definition) is 3. The van der Waals surface area contributed by atoms with Gasteiger partial charge in [0.1, 0.15) is 22.9 Å². The van der Waals surface area contributed by atoms with E-state index in [0.29, 0.717) is 49.4 Å². The van der Waals surface area contributed by atoms with Crippen LogP contribution in [0.25, 0.3) is 0 Å². The Morgan fingerprint density at radius 2 is 2.00 bits per heavy atom. The van der Waals surface area contributed by atoms with E-state index in [1.807, 2.05) is 4.90 Å². The smallest absolute Gasteiger partial charge is 0.219 e. The summed E-state index contributed by atoms with van der Waals surface area (Å²) < 4.78 is 20.2. The Labute approximate surface area is 184 Å². The highest BCUT2D eigenvalue weighted by Crippen LogP contribution is 2.40. The third-order valence-electron chi connectivity index (χ3n) is 5.62. The predicted molar refractivity (Wildman–Crippen MR) is 120 cm³/mol. The number of likely N-dealkylation sites (tertiary alicyclic amines) is 1. The van der Waals surface area contributed by atoms with Crippen molar-refractivity contribution in [3.63, 3.8) is 0 Å². The molecule has 1 spiro atoms. The maximum atomic E-state index is 13.9. The number of carbonyl (C=O) groups is 1. The number of anilines is 1. The number of fused-ring (bicyclic) bond motifs is 1. The molecule has 9 heteroatoms. The van der Waals surface area contributed by atoms with Gasteiger partial charge in [-0.05, 0) is 42.5 Å². The molecule has 1 saturated heterocycles. The standard InChI is InChI=1S/C22H23FN4O3S/c1-14(28)27-10-8-22(9-11-27)13-19(16-12-15(29)6-7-20(16)30-22)25-26-21(31)24-18-5-3-2-4-17(18)23/h2-7,12,29H,8-11,13H2,1H3,(H2,24,26,31)/b25-19-. The fourth-order valence-electron chi connectivity index (χ4n) is 3.94. The Balaban J connectivity index is 1.55. The molecule has 0 aliphatic carbocycles. The van der Waals surface area contributed by atoms with Gasteiger partial charge in [0, 0.05) is 44.8 Å². The van der Waals surface area contributed by atoms with Gasteiger partial charge in [-0.2, -0.15) is 5.10 Å². The summed E-state index contributed by atoms with van der Waals surface area (Å²) in [5, 5.41) is 17.3. The first kappa shape index (κ1) is 21.0. The van der Waals surface area contributed by atoms with E-state index in [1.54, 1.807) is 43.3 Å². The van der Waals surface area contributed by atoms with E-state index in [9.17, 15) is 14.3 Å². The SMILES string of the molecule is CC(=O)N1CCC2(CC1)C/C(=N/NC(=S)Nc1ccccc1F)c1cc(O)ccc1O2. The number of aromatic hydroxyl groups is 1. The summed E-state index contributed by atoms with van der Waals surface area (Å²) in [4.78, 5) is 13.5. The first-order valence-electron chi connectivity index (χ1n) is 10.0. The Morgan fingerprint density at radius 1 is 1.26 bits per heavy atom. The van der Waals surface area contributed by atoms with Gasteiger partial charge in [-0.1, -0.05) is 12.1 Å². The largest absolute Gasteiger partial charge is 0.508 e. The molecule has 2 aromatic carbocycles. The molecule has 0 aromatic heterocycles. The Bertz CT molecular complexity index is 1050. The number of benzene rings is 2. The predicted octanol–water partition coefficient (Wildman–Crippen LogP) is 3.39. The number of hydrazone groups is 1. The number of hydrogen-bond acceptors (Lipinski definition) is 5. The third-order valence-corrected chi connectivity index (χ3v) is 5.82. The monoisotopic (exact) mass is 442 g/mol. The highest BCUT2D eigenvalue weighted by molar-refractivity contribution is 7.80. The summed E-state index contributed by atoms with van der Waals surface area (Å²) in [6.45, 7) is 2.78. The Morgan fingerprint density at radius 3 is 2.71 bits per heavy atom. The average Bonchev–Trinajstić information content (AvgIpc) is 2.74. The van der Waals surface area contributed by atoms with E-state index in [-0.39, 0.29) is 22.5 Å². The minimum atomic E-state index is -0.489. The van der Waals surface area contributed by atoms with Gasteiger partial charge < -0.3 is 20.1 Å². The van der Waals surface area contributed by atoms with E-state index in [1.165, 1.54) is 6.07 Å². The van der Waals surface area contributed by atoms with Crippen molar-refractivity contribution in [1.29, 1.82) is 0 Å². The van der Waals surface area contributed by atoms with Crippen LogP contribution in [0.1, 0.15) is 31.7 Å². The quantitative estimate of drug-likeness (QED) is 0.488. The topological polar surface area (TPSA) is 86.2 Å². The average molecular weight is 443 g/mol. The number of nitrogens with one attached hydrogen (secondary N) is 2. The van der Waals surface area contributed by atoms with Crippen LogP contribution in [0.5, 0.6) is 11.5 Å². The summed E-state index contributed by atoms with van der Waals surface area (Å²) >= 11 is 5.26. The molecule has 0 bridgehead atoms. The van der Waals surface area contributed by atoms with Gasteiger partial charge in [-0.25, -0.2) is 4.39 Å². The molecule has 0 saturated carbocycles. The lowest BCUT2D eigenvalue weighted by Gasteiger charge is -2.44. The van der Waals surface area contributed by atoms with Crippen LogP contribution in [0, 0.1) is 5.82 Å². The second-order valence-electron chi connectivity index (χ2n) is 7.75. The van der Waals surface area contributed by atoms with Crippen molar-refractivity contribution in [2.24, 2.45) is 5.10 Å². The number of piperidine rings is 1. The lowest BCUT2D eigenvalue weighted by Crippen LogP contribution is -2.52. The first-order valence-corrected chi connectivity index (χ1v) is 10.4. The zero-order valence-corrected chi connectivity index (χ0v) is 17.8. The number of thiocarbonyl (C=S) groups is 1.